The molecular formula is C47H78O5. The SMILES string of the molecule is CCCCCC=CCC=CCC=CCC=CCC=CCCC(=O)OC[C@H](CO)OC(=O)CCCCCCCCCCCC=CCC=CCCCCC. The van der Waals surface area contributed by atoms with Gasteiger partial charge in [0.2, 0.25) is 0 Å². The molecule has 52 heavy (non-hydrogen) atoms. The quantitative estimate of drug-likeness (QED) is 0.0393. The van der Waals surface area contributed by atoms with E-state index in [4.69, 9.17) is 9.47 Å². The number of esters is 2. The van der Waals surface area contributed by atoms with Crippen molar-refractivity contribution in [2.75, 3.05) is 13.2 Å². The topological polar surface area (TPSA) is 72.8 Å². The molecule has 0 spiro atoms. The minimum absolute atomic E-state index is 0.111. The fourth-order valence-corrected chi connectivity index (χ4v) is 5.45. The van der Waals surface area contributed by atoms with Gasteiger partial charge in [0.15, 0.2) is 6.10 Å². The molecule has 0 radical (unpaired) electrons. The first kappa shape index (κ1) is 49.1. The molecule has 0 fully saturated rings. The molecule has 0 saturated heterocycles. The van der Waals surface area contributed by atoms with E-state index in [1.54, 1.807) is 0 Å². The summed E-state index contributed by atoms with van der Waals surface area (Å²) in [7, 11) is 0. The zero-order valence-corrected chi connectivity index (χ0v) is 33.5. The summed E-state index contributed by atoms with van der Waals surface area (Å²) in [5.74, 6) is -0.697. The average molecular weight is 723 g/mol. The second-order valence-electron chi connectivity index (χ2n) is 13.7. The highest BCUT2D eigenvalue weighted by atomic mass is 16.6. The fraction of sp³-hybridized carbons (Fsp3) is 0.660. The monoisotopic (exact) mass is 723 g/mol. The van der Waals surface area contributed by atoms with Crippen molar-refractivity contribution < 1.29 is 24.2 Å². The van der Waals surface area contributed by atoms with Crippen molar-refractivity contribution in [3.63, 3.8) is 0 Å². The summed E-state index contributed by atoms with van der Waals surface area (Å²) in [6, 6.07) is 0. The Kier molecular flexibility index (Phi) is 40.1. The molecule has 0 aromatic carbocycles. The van der Waals surface area contributed by atoms with Crippen molar-refractivity contribution in [1.82, 2.24) is 0 Å². The van der Waals surface area contributed by atoms with Gasteiger partial charge in [-0.25, -0.2) is 0 Å². The van der Waals surface area contributed by atoms with Crippen LogP contribution >= 0.6 is 0 Å². The lowest BCUT2D eigenvalue weighted by Gasteiger charge is -2.15. The molecule has 0 aliphatic carbocycles. The predicted octanol–water partition coefficient (Wildman–Crippen LogP) is 13.5. The zero-order chi connectivity index (χ0) is 37.8. The largest absolute Gasteiger partial charge is 0.462 e. The first-order chi connectivity index (χ1) is 25.6. The van der Waals surface area contributed by atoms with Crippen molar-refractivity contribution in [3.8, 4) is 0 Å². The van der Waals surface area contributed by atoms with Crippen molar-refractivity contribution >= 4 is 11.9 Å². The first-order valence-corrected chi connectivity index (χ1v) is 21.1. The lowest BCUT2D eigenvalue weighted by atomic mass is 10.1. The summed E-state index contributed by atoms with van der Waals surface area (Å²) in [6.45, 7) is 4.01. The smallest absolute Gasteiger partial charge is 0.306 e. The minimum Gasteiger partial charge on any atom is -0.462 e. The van der Waals surface area contributed by atoms with E-state index >= 15 is 0 Å². The van der Waals surface area contributed by atoms with Crippen LogP contribution in [-0.2, 0) is 19.1 Å². The van der Waals surface area contributed by atoms with Crippen LogP contribution in [0.1, 0.15) is 181 Å². The van der Waals surface area contributed by atoms with Crippen LogP contribution in [0.5, 0.6) is 0 Å². The highest BCUT2D eigenvalue weighted by molar-refractivity contribution is 5.70. The molecule has 0 aliphatic rings. The van der Waals surface area contributed by atoms with Crippen molar-refractivity contribution in [2.45, 2.75) is 187 Å². The van der Waals surface area contributed by atoms with Gasteiger partial charge < -0.3 is 14.6 Å². The van der Waals surface area contributed by atoms with E-state index in [1.807, 2.05) is 12.2 Å². The molecule has 0 unspecified atom stereocenters. The maximum absolute atomic E-state index is 12.2. The van der Waals surface area contributed by atoms with Crippen LogP contribution in [0.3, 0.4) is 0 Å². The molecule has 0 aliphatic heterocycles. The Balaban J connectivity index is 3.69. The van der Waals surface area contributed by atoms with Gasteiger partial charge in [-0.15, -0.1) is 0 Å². The lowest BCUT2D eigenvalue weighted by molar-refractivity contribution is -0.161. The summed E-state index contributed by atoms with van der Waals surface area (Å²) in [5, 5.41) is 9.57. The van der Waals surface area contributed by atoms with E-state index in [9.17, 15) is 14.7 Å². The van der Waals surface area contributed by atoms with E-state index in [1.165, 1.54) is 96.3 Å². The van der Waals surface area contributed by atoms with Crippen molar-refractivity contribution in [3.05, 3.63) is 85.1 Å². The summed E-state index contributed by atoms with van der Waals surface area (Å²) >= 11 is 0. The Bertz CT molecular complexity index is 999. The summed E-state index contributed by atoms with van der Waals surface area (Å²) in [5.41, 5.74) is 0. The number of hydrogen-bond acceptors (Lipinski definition) is 5. The van der Waals surface area contributed by atoms with Gasteiger partial charge >= 0.3 is 11.9 Å². The zero-order valence-electron chi connectivity index (χ0n) is 33.5. The number of unbranched alkanes of at least 4 members (excludes halogenated alkanes) is 15. The number of carbonyl (C=O) groups is 2. The molecule has 0 aromatic heterocycles. The minimum atomic E-state index is -0.808. The van der Waals surface area contributed by atoms with Crippen LogP contribution in [0.4, 0.5) is 0 Å². The molecule has 0 saturated carbocycles. The molecular weight excluding hydrogens is 645 g/mol. The second kappa shape index (κ2) is 42.5. The average Bonchev–Trinajstić information content (AvgIpc) is 3.15. The number of hydrogen-bond donors (Lipinski definition) is 1. The molecule has 0 bridgehead atoms. The second-order valence-corrected chi connectivity index (χ2v) is 13.7. The van der Waals surface area contributed by atoms with Gasteiger partial charge in [-0.05, 0) is 83.5 Å². The Morgan fingerprint density at radius 1 is 0.442 bits per heavy atom. The highest BCUT2D eigenvalue weighted by Gasteiger charge is 2.15. The van der Waals surface area contributed by atoms with Gasteiger partial charge in [0, 0.05) is 12.8 Å². The molecule has 296 valence electrons. The Labute approximate surface area is 320 Å². The number of carbonyl (C=O) groups excluding carboxylic acids is 2. The number of ether oxygens (including phenoxy) is 2. The van der Waals surface area contributed by atoms with Crippen LogP contribution in [0.25, 0.3) is 0 Å². The molecule has 5 nitrogen and oxygen atoms in total. The third kappa shape index (κ3) is 39.9. The summed E-state index contributed by atoms with van der Waals surface area (Å²) < 4.78 is 10.6. The standard InChI is InChI=1S/C47H78O5/c1-3-5-7-9-11-13-15-17-19-21-23-25-27-29-31-33-35-37-39-41-46(49)51-44-45(43-48)52-47(50)42-40-38-36-34-32-30-28-26-24-22-20-18-16-14-12-10-8-6-4-2/h11-14,17-20,23,25,29,31,35,37,45,48H,3-10,15-16,21-22,24,26-28,30,32-34,36,38-44H2,1-2H3/t45-/m0/s1. The predicted molar refractivity (Wildman–Crippen MR) is 223 cm³/mol. The molecule has 0 rings (SSSR count). The van der Waals surface area contributed by atoms with Crippen LogP contribution in [-0.4, -0.2) is 36.4 Å². The van der Waals surface area contributed by atoms with E-state index in [0.29, 0.717) is 12.8 Å². The van der Waals surface area contributed by atoms with Crippen LogP contribution in [0.15, 0.2) is 85.1 Å². The number of allylic oxidation sites excluding steroid dienone is 14. The molecule has 1 N–H and O–H groups in total. The summed E-state index contributed by atoms with van der Waals surface area (Å²) in [6.07, 6.45) is 58.0. The third-order valence-electron chi connectivity index (χ3n) is 8.67. The van der Waals surface area contributed by atoms with Gasteiger partial charge in [0.05, 0.1) is 6.61 Å². The maximum atomic E-state index is 12.2. The Morgan fingerprint density at radius 2 is 0.808 bits per heavy atom. The molecule has 5 heteroatoms. The third-order valence-corrected chi connectivity index (χ3v) is 8.67. The van der Waals surface area contributed by atoms with Gasteiger partial charge in [0.25, 0.3) is 0 Å². The number of aliphatic hydroxyl groups excluding tert-OH is 1. The highest BCUT2D eigenvalue weighted by Crippen LogP contribution is 2.13. The number of aliphatic hydroxyl groups is 1. The van der Waals surface area contributed by atoms with E-state index in [0.717, 1.165) is 51.4 Å². The van der Waals surface area contributed by atoms with E-state index < -0.39 is 6.10 Å². The normalized spacial score (nSPS) is 13.1. The number of rotatable bonds is 37. The summed E-state index contributed by atoms with van der Waals surface area (Å²) in [4.78, 5) is 24.3. The van der Waals surface area contributed by atoms with Crippen molar-refractivity contribution in [2.24, 2.45) is 0 Å². The molecule has 1 atom stereocenters. The van der Waals surface area contributed by atoms with Gasteiger partial charge in [-0.2, -0.15) is 0 Å². The molecule has 0 heterocycles. The van der Waals surface area contributed by atoms with E-state index in [2.05, 4.69) is 86.8 Å². The van der Waals surface area contributed by atoms with Gasteiger partial charge in [-0.1, -0.05) is 170 Å². The van der Waals surface area contributed by atoms with Crippen LogP contribution in [0.2, 0.25) is 0 Å². The van der Waals surface area contributed by atoms with E-state index in [-0.39, 0.29) is 31.6 Å². The fourth-order valence-electron chi connectivity index (χ4n) is 5.45. The molecule has 0 amide bonds. The Morgan fingerprint density at radius 3 is 1.23 bits per heavy atom. The molecule has 0 aromatic rings. The van der Waals surface area contributed by atoms with Gasteiger partial charge in [-0.3, -0.25) is 9.59 Å². The van der Waals surface area contributed by atoms with Gasteiger partial charge in [0.1, 0.15) is 6.61 Å². The van der Waals surface area contributed by atoms with Crippen LogP contribution in [0, 0.1) is 0 Å². The van der Waals surface area contributed by atoms with Crippen LogP contribution < -0.4 is 0 Å². The Hall–Kier alpha value is -2.92. The lowest BCUT2D eigenvalue weighted by Crippen LogP contribution is -2.28. The van der Waals surface area contributed by atoms with Crippen molar-refractivity contribution in [1.29, 1.82) is 0 Å². The first-order valence-electron chi connectivity index (χ1n) is 21.1. The maximum Gasteiger partial charge on any atom is 0.306 e.